The van der Waals surface area contributed by atoms with Crippen LogP contribution in [0.25, 0.3) is 22.4 Å². The molecule has 0 bridgehead atoms. The van der Waals surface area contributed by atoms with Gasteiger partial charge in [-0.05, 0) is 42.0 Å². The van der Waals surface area contributed by atoms with Gasteiger partial charge in [0.1, 0.15) is 11.4 Å². The van der Waals surface area contributed by atoms with E-state index in [-0.39, 0.29) is 21.2 Å². The van der Waals surface area contributed by atoms with E-state index in [2.05, 4.69) is 4.98 Å². The van der Waals surface area contributed by atoms with Crippen molar-refractivity contribution in [3.63, 3.8) is 0 Å². The molecule has 3 rings (SSSR count). The molecular weight excluding hydrogens is 417 g/mol. The smallest absolute Gasteiger partial charge is 0.431 e. The predicted molar refractivity (Wildman–Crippen MR) is 99.6 cm³/mol. The summed E-state index contributed by atoms with van der Waals surface area (Å²) in [6, 6.07) is 10.8. The second-order valence-electron chi connectivity index (χ2n) is 5.89. The average Bonchev–Trinajstić information content (AvgIpc) is 3.07. The number of sulfonamides is 1. The lowest BCUT2D eigenvalue weighted by Gasteiger charge is -2.08. The first kappa shape index (κ1) is 20.2. The van der Waals surface area contributed by atoms with Crippen LogP contribution in [0.5, 0.6) is 5.75 Å². The van der Waals surface area contributed by atoms with Gasteiger partial charge in [-0.2, -0.15) is 13.2 Å². The number of primary sulfonamides is 1. The van der Waals surface area contributed by atoms with Crippen molar-refractivity contribution in [3.05, 3.63) is 59.2 Å². The molecule has 10 heteroatoms. The summed E-state index contributed by atoms with van der Waals surface area (Å²) < 4.78 is 67.6. The number of hydrogen-bond donors (Lipinski definition) is 2. The van der Waals surface area contributed by atoms with Gasteiger partial charge in [-0.25, -0.2) is 13.6 Å². The minimum Gasteiger partial charge on any atom is -0.495 e. The highest BCUT2D eigenvalue weighted by Gasteiger charge is 2.34. The van der Waals surface area contributed by atoms with E-state index in [0.29, 0.717) is 16.9 Å². The van der Waals surface area contributed by atoms with Gasteiger partial charge in [0.05, 0.1) is 22.7 Å². The predicted octanol–water partition coefficient (Wildman–Crippen LogP) is 4.68. The summed E-state index contributed by atoms with van der Waals surface area (Å²) in [4.78, 5) is 2.24. The van der Waals surface area contributed by atoms with Gasteiger partial charge in [0, 0.05) is 11.1 Å². The fourth-order valence-corrected chi connectivity index (χ4v) is 3.48. The number of nitrogens with one attached hydrogen (secondary N) is 1. The summed E-state index contributed by atoms with van der Waals surface area (Å²) in [5.74, 6) is 0.382. The van der Waals surface area contributed by atoms with Crippen LogP contribution in [0.3, 0.4) is 0 Å². The maximum Gasteiger partial charge on any atom is 0.431 e. The molecule has 0 atom stereocenters. The van der Waals surface area contributed by atoms with Crippen molar-refractivity contribution in [2.45, 2.75) is 11.1 Å². The molecule has 0 aliphatic heterocycles. The van der Waals surface area contributed by atoms with Crippen LogP contribution in [-0.4, -0.2) is 20.5 Å². The number of aromatic amines is 1. The Hall–Kier alpha value is -2.49. The summed E-state index contributed by atoms with van der Waals surface area (Å²) in [6.07, 6.45) is -4.59. The van der Waals surface area contributed by atoms with Crippen molar-refractivity contribution in [1.29, 1.82) is 0 Å². The van der Waals surface area contributed by atoms with E-state index in [4.69, 9.17) is 21.5 Å². The topological polar surface area (TPSA) is 85.2 Å². The minimum atomic E-state index is -4.59. The highest BCUT2D eigenvalue weighted by molar-refractivity contribution is 7.89. The van der Waals surface area contributed by atoms with E-state index in [9.17, 15) is 21.6 Å². The van der Waals surface area contributed by atoms with Gasteiger partial charge in [0.2, 0.25) is 10.0 Å². The molecule has 0 aliphatic carbocycles. The monoisotopic (exact) mass is 430 g/mol. The summed E-state index contributed by atoms with van der Waals surface area (Å²) in [6.45, 7) is 0. The van der Waals surface area contributed by atoms with Crippen LogP contribution in [0.2, 0.25) is 5.02 Å². The van der Waals surface area contributed by atoms with Gasteiger partial charge in [-0.1, -0.05) is 23.7 Å². The number of aromatic nitrogens is 1. The first-order valence-electron chi connectivity index (χ1n) is 7.78. The molecule has 0 saturated carbocycles. The van der Waals surface area contributed by atoms with Gasteiger partial charge in [0.25, 0.3) is 0 Å². The molecule has 0 unspecified atom stereocenters. The summed E-state index contributed by atoms with van der Waals surface area (Å²) in [5.41, 5.74) is 0.252. The molecule has 0 amide bonds. The lowest BCUT2D eigenvalue weighted by Crippen LogP contribution is -2.11. The number of nitrogens with two attached hydrogens (primary N) is 1. The molecule has 0 aliphatic rings. The van der Waals surface area contributed by atoms with Gasteiger partial charge >= 0.3 is 6.18 Å². The SMILES string of the molecule is COc1ccc(-c2[nH]c(C(F)(F)F)cc2-c2ccc(S(N)(=O)=O)cc2)cc1Cl. The Balaban J connectivity index is 2.18. The van der Waals surface area contributed by atoms with Crippen molar-refractivity contribution in [3.8, 4) is 28.1 Å². The van der Waals surface area contributed by atoms with Crippen molar-refractivity contribution in [1.82, 2.24) is 4.98 Å². The van der Waals surface area contributed by atoms with Crippen molar-refractivity contribution >= 4 is 21.6 Å². The van der Waals surface area contributed by atoms with Gasteiger partial charge in [-0.15, -0.1) is 0 Å². The first-order chi connectivity index (χ1) is 13.0. The number of halogens is 4. The molecule has 0 radical (unpaired) electrons. The third-order valence-corrected chi connectivity index (χ3v) is 5.28. The Morgan fingerprint density at radius 1 is 1.04 bits per heavy atom. The molecule has 28 heavy (non-hydrogen) atoms. The van der Waals surface area contributed by atoms with Crippen LogP contribution in [0.1, 0.15) is 5.69 Å². The molecule has 0 spiro atoms. The molecular formula is C18H14ClF3N2O3S. The summed E-state index contributed by atoms with van der Waals surface area (Å²) >= 11 is 6.10. The largest absolute Gasteiger partial charge is 0.495 e. The van der Waals surface area contributed by atoms with E-state index in [1.165, 1.54) is 37.4 Å². The molecule has 0 fully saturated rings. The number of H-pyrrole nitrogens is 1. The summed E-state index contributed by atoms with van der Waals surface area (Å²) in [5, 5.41) is 5.30. The first-order valence-corrected chi connectivity index (χ1v) is 9.70. The molecule has 2 aromatic carbocycles. The Morgan fingerprint density at radius 3 is 2.14 bits per heavy atom. The molecule has 5 nitrogen and oxygen atoms in total. The maximum absolute atomic E-state index is 13.3. The van der Waals surface area contributed by atoms with Crippen LogP contribution in [0, 0.1) is 0 Å². The third kappa shape index (κ3) is 4.01. The van der Waals surface area contributed by atoms with Crippen molar-refractivity contribution in [2.75, 3.05) is 7.11 Å². The molecule has 1 aromatic heterocycles. The van der Waals surface area contributed by atoms with Crippen molar-refractivity contribution < 1.29 is 26.3 Å². The highest BCUT2D eigenvalue weighted by Crippen LogP contribution is 2.40. The number of ether oxygens (including phenoxy) is 1. The van der Waals surface area contributed by atoms with Gasteiger partial charge < -0.3 is 9.72 Å². The summed E-state index contributed by atoms with van der Waals surface area (Å²) in [7, 11) is -2.49. The number of methoxy groups -OCH3 is 1. The zero-order chi connectivity index (χ0) is 20.7. The van der Waals surface area contributed by atoms with Crippen LogP contribution in [-0.2, 0) is 16.2 Å². The zero-order valence-electron chi connectivity index (χ0n) is 14.3. The Bertz CT molecular complexity index is 1120. The number of hydrogen-bond acceptors (Lipinski definition) is 3. The Labute approximate surface area is 163 Å². The van der Waals surface area contributed by atoms with Gasteiger partial charge in [-0.3, -0.25) is 0 Å². The fourth-order valence-electron chi connectivity index (χ4n) is 2.71. The van der Waals surface area contributed by atoms with Crippen LogP contribution in [0.15, 0.2) is 53.4 Å². The third-order valence-electron chi connectivity index (χ3n) is 4.06. The Morgan fingerprint density at radius 2 is 1.64 bits per heavy atom. The van der Waals surface area contributed by atoms with E-state index >= 15 is 0 Å². The number of rotatable bonds is 4. The Kier molecular flexibility index (Phi) is 5.18. The lowest BCUT2D eigenvalue weighted by molar-refractivity contribution is -0.140. The lowest BCUT2D eigenvalue weighted by atomic mass is 10.0. The number of alkyl halides is 3. The quantitative estimate of drug-likeness (QED) is 0.630. The maximum atomic E-state index is 13.3. The second kappa shape index (κ2) is 7.16. The fraction of sp³-hybridized carbons (Fsp3) is 0.111. The van der Waals surface area contributed by atoms with E-state index in [1.54, 1.807) is 12.1 Å². The molecule has 1 heterocycles. The second-order valence-corrected chi connectivity index (χ2v) is 7.86. The van der Waals surface area contributed by atoms with Crippen LogP contribution in [0.4, 0.5) is 13.2 Å². The molecule has 3 aromatic rings. The minimum absolute atomic E-state index is 0.142. The molecule has 3 N–H and O–H groups in total. The van der Waals surface area contributed by atoms with E-state index in [1.807, 2.05) is 0 Å². The van der Waals surface area contributed by atoms with Crippen molar-refractivity contribution in [2.24, 2.45) is 5.14 Å². The van der Waals surface area contributed by atoms with Gasteiger partial charge in [0.15, 0.2) is 0 Å². The highest BCUT2D eigenvalue weighted by atomic mass is 35.5. The van der Waals surface area contributed by atoms with Crippen LogP contribution < -0.4 is 9.88 Å². The van der Waals surface area contributed by atoms with E-state index < -0.39 is 21.9 Å². The van der Waals surface area contributed by atoms with Crippen LogP contribution >= 0.6 is 11.6 Å². The molecule has 148 valence electrons. The van der Waals surface area contributed by atoms with E-state index in [0.717, 1.165) is 6.07 Å². The zero-order valence-corrected chi connectivity index (χ0v) is 15.9. The standard InChI is InChI=1S/C18H14ClF3N2O3S/c1-27-15-7-4-11(8-14(15)19)17-13(9-16(24-17)18(20,21)22)10-2-5-12(6-3-10)28(23,25)26/h2-9,24H,1H3,(H2,23,25,26). The molecule has 0 saturated heterocycles. The number of benzene rings is 2. The normalized spacial score (nSPS) is 12.2. The average molecular weight is 431 g/mol.